The number of rotatable bonds is 6. The first-order valence-electron chi connectivity index (χ1n) is 7.82. The van der Waals surface area contributed by atoms with Crippen LogP contribution in [0.1, 0.15) is 0 Å². The lowest BCUT2D eigenvalue weighted by Gasteiger charge is -2.11. The van der Waals surface area contributed by atoms with Crippen molar-refractivity contribution in [2.24, 2.45) is 0 Å². The molecule has 2 aromatic carbocycles. The van der Waals surface area contributed by atoms with Gasteiger partial charge in [-0.1, -0.05) is 0 Å². The summed E-state index contributed by atoms with van der Waals surface area (Å²) in [5, 5.41) is 5.35. The highest BCUT2D eigenvalue weighted by molar-refractivity contribution is 7.86. The highest BCUT2D eigenvalue weighted by Gasteiger charge is 2.13. The monoisotopic (exact) mass is 472 g/mol. The molecule has 15 heteroatoms. The summed E-state index contributed by atoms with van der Waals surface area (Å²) in [6.45, 7) is 0. The third-order valence-corrected chi connectivity index (χ3v) is 5.47. The van der Waals surface area contributed by atoms with Crippen molar-refractivity contribution in [3.8, 4) is 0 Å². The Hall–Kier alpha value is -3.04. The maximum Gasteiger partial charge on any atom is 0.294 e. The molecule has 0 aliphatic rings. The lowest BCUT2D eigenvalue weighted by molar-refractivity contribution is 0.481. The summed E-state index contributed by atoms with van der Waals surface area (Å²) >= 11 is 5.89. The molecule has 0 amide bonds. The highest BCUT2D eigenvalue weighted by atomic mass is 35.5. The Morgan fingerprint density at radius 1 is 0.800 bits per heavy atom. The van der Waals surface area contributed by atoms with Crippen LogP contribution in [0.3, 0.4) is 0 Å². The van der Waals surface area contributed by atoms with Gasteiger partial charge >= 0.3 is 0 Å². The summed E-state index contributed by atoms with van der Waals surface area (Å²) in [7, 11) is -8.73. The maximum absolute atomic E-state index is 11.2. The molecule has 0 unspecified atom stereocenters. The van der Waals surface area contributed by atoms with Gasteiger partial charge in [0.1, 0.15) is 0 Å². The van der Waals surface area contributed by atoms with E-state index in [1.165, 1.54) is 30.3 Å². The number of benzene rings is 2. The molecule has 0 saturated heterocycles. The molecule has 6 N–H and O–H groups in total. The molecule has 12 nitrogen and oxygen atoms in total. The van der Waals surface area contributed by atoms with Crippen LogP contribution >= 0.6 is 11.6 Å². The lowest BCUT2D eigenvalue weighted by Crippen LogP contribution is -2.06. The average Bonchev–Trinajstić information content (AvgIpc) is 2.62. The van der Waals surface area contributed by atoms with Gasteiger partial charge in [0.05, 0.1) is 21.2 Å². The van der Waals surface area contributed by atoms with Gasteiger partial charge in [0.15, 0.2) is 0 Å². The molecule has 0 saturated carbocycles. The normalized spacial score (nSPS) is 11.8. The fourth-order valence-corrected chi connectivity index (χ4v) is 3.39. The zero-order chi connectivity index (χ0) is 22.1. The van der Waals surface area contributed by atoms with E-state index in [0.717, 1.165) is 12.1 Å². The molecule has 30 heavy (non-hydrogen) atoms. The Morgan fingerprint density at radius 3 is 1.87 bits per heavy atom. The van der Waals surface area contributed by atoms with Crippen LogP contribution in [-0.2, 0) is 20.2 Å². The molecule has 0 radical (unpaired) electrons. The minimum atomic E-state index is -4.41. The van der Waals surface area contributed by atoms with Gasteiger partial charge in [-0.25, -0.2) is 0 Å². The predicted molar refractivity (Wildman–Crippen MR) is 108 cm³/mol. The van der Waals surface area contributed by atoms with E-state index in [2.05, 4.69) is 25.6 Å². The van der Waals surface area contributed by atoms with Gasteiger partial charge in [-0.15, -0.1) is 0 Å². The minimum Gasteiger partial charge on any atom is -0.397 e. The Bertz CT molecular complexity index is 1320. The van der Waals surface area contributed by atoms with Crippen LogP contribution in [0.25, 0.3) is 0 Å². The molecular formula is C15H13ClN6O6S2. The Labute approximate surface area is 175 Å². The van der Waals surface area contributed by atoms with Crippen molar-refractivity contribution in [2.75, 3.05) is 16.4 Å². The van der Waals surface area contributed by atoms with E-state index >= 15 is 0 Å². The molecule has 0 atom stereocenters. The van der Waals surface area contributed by atoms with Crippen molar-refractivity contribution in [3.05, 3.63) is 47.7 Å². The number of nitrogens with zero attached hydrogens (tertiary/aromatic N) is 3. The van der Waals surface area contributed by atoms with Crippen LogP contribution in [0.15, 0.2) is 52.3 Å². The number of halogens is 1. The lowest BCUT2D eigenvalue weighted by atomic mass is 10.3. The number of aromatic nitrogens is 3. The van der Waals surface area contributed by atoms with Gasteiger partial charge < -0.3 is 16.4 Å². The van der Waals surface area contributed by atoms with E-state index in [1.807, 2.05) is 0 Å². The van der Waals surface area contributed by atoms with Crippen LogP contribution in [-0.4, -0.2) is 40.9 Å². The van der Waals surface area contributed by atoms with Crippen molar-refractivity contribution >= 4 is 60.8 Å². The second-order valence-electron chi connectivity index (χ2n) is 5.73. The maximum atomic E-state index is 11.2. The molecule has 1 aromatic heterocycles. The standard InChI is InChI=1S/C15H13ClN6O6S2/c16-13-20-14(18-8-1-3-9(4-2-8)29(23,24)25)22-15(21-13)19-12-6-5-10(7-11(12)17)30(26,27)28/h1-7H,17H2,(H,23,24,25)(H,26,27,28)(H2,18,19,20,21,22). The van der Waals surface area contributed by atoms with Gasteiger partial charge in [0, 0.05) is 5.69 Å². The molecule has 0 aliphatic heterocycles. The molecule has 158 valence electrons. The second kappa shape index (κ2) is 8.00. The number of nitrogens with one attached hydrogen (secondary N) is 2. The van der Waals surface area contributed by atoms with Gasteiger partial charge in [-0.05, 0) is 54.1 Å². The van der Waals surface area contributed by atoms with Gasteiger partial charge in [-0.3, -0.25) is 9.11 Å². The van der Waals surface area contributed by atoms with Crippen LogP contribution in [0.2, 0.25) is 5.28 Å². The fourth-order valence-electron chi connectivity index (χ4n) is 2.24. The molecule has 0 spiro atoms. The van der Waals surface area contributed by atoms with E-state index in [-0.39, 0.29) is 38.3 Å². The third-order valence-electron chi connectivity index (χ3n) is 3.58. The summed E-state index contributed by atoms with van der Waals surface area (Å²) in [6.07, 6.45) is 0. The molecule has 0 bridgehead atoms. The number of nitrogens with two attached hydrogens (primary N) is 1. The first kappa shape index (κ1) is 21.7. The van der Waals surface area contributed by atoms with Crippen LogP contribution in [0.4, 0.5) is 29.0 Å². The van der Waals surface area contributed by atoms with Gasteiger partial charge in [-0.2, -0.15) is 31.8 Å². The van der Waals surface area contributed by atoms with Crippen molar-refractivity contribution in [3.63, 3.8) is 0 Å². The number of nitrogen functional groups attached to an aromatic ring is 1. The molecule has 0 fully saturated rings. The summed E-state index contributed by atoms with van der Waals surface area (Å²) in [4.78, 5) is 11.2. The first-order chi connectivity index (χ1) is 13.9. The van der Waals surface area contributed by atoms with E-state index < -0.39 is 20.2 Å². The fraction of sp³-hybridized carbons (Fsp3) is 0. The number of hydrogen-bond donors (Lipinski definition) is 5. The predicted octanol–water partition coefficient (Wildman–Crippen LogP) is 2.09. The van der Waals surface area contributed by atoms with Crippen LogP contribution in [0.5, 0.6) is 0 Å². The quantitative estimate of drug-likeness (QED) is 0.259. The van der Waals surface area contributed by atoms with Crippen molar-refractivity contribution in [2.45, 2.75) is 9.79 Å². The zero-order valence-electron chi connectivity index (χ0n) is 14.7. The summed E-state index contributed by atoms with van der Waals surface area (Å²) in [5.74, 6) is -0.0244. The first-order valence-corrected chi connectivity index (χ1v) is 11.1. The van der Waals surface area contributed by atoms with Gasteiger partial charge in [0.25, 0.3) is 20.2 Å². The molecule has 3 aromatic rings. The summed E-state index contributed by atoms with van der Waals surface area (Å²) in [6, 6.07) is 8.59. The molecular weight excluding hydrogens is 460 g/mol. The average molecular weight is 473 g/mol. The number of hydrogen-bond acceptors (Lipinski definition) is 10. The third kappa shape index (κ3) is 5.31. The van der Waals surface area contributed by atoms with Crippen LogP contribution < -0.4 is 16.4 Å². The van der Waals surface area contributed by atoms with E-state index in [9.17, 15) is 16.8 Å². The van der Waals surface area contributed by atoms with Crippen molar-refractivity contribution < 1.29 is 25.9 Å². The SMILES string of the molecule is Nc1cc(S(=O)(=O)O)ccc1Nc1nc(Cl)nc(Nc2ccc(S(=O)(=O)O)cc2)n1. The second-order valence-corrected chi connectivity index (χ2v) is 8.91. The van der Waals surface area contributed by atoms with Crippen molar-refractivity contribution in [1.82, 2.24) is 15.0 Å². The van der Waals surface area contributed by atoms with E-state index in [1.54, 1.807) is 0 Å². The van der Waals surface area contributed by atoms with E-state index in [4.69, 9.17) is 26.4 Å². The highest BCUT2D eigenvalue weighted by Crippen LogP contribution is 2.26. The van der Waals surface area contributed by atoms with E-state index in [0.29, 0.717) is 5.69 Å². The topological polar surface area (TPSA) is 197 Å². The van der Waals surface area contributed by atoms with Crippen molar-refractivity contribution in [1.29, 1.82) is 0 Å². The smallest absolute Gasteiger partial charge is 0.294 e. The van der Waals surface area contributed by atoms with Crippen LogP contribution in [0, 0.1) is 0 Å². The summed E-state index contributed by atoms with van der Waals surface area (Å²) in [5.41, 5.74) is 6.42. The zero-order valence-corrected chi connectivity index (χ0v) is 17.1. The minimum absolute atomic E-state index is 0.00281. The largest absolute Gasteiger partial charge is 0.397 e. The molecule has 0 aliphatic carbocycles. The number of anilines is 5. The Morgan fingerprint density at radius 2 is 1.33 bits per heavy atom. The Balaban J connectivity index is 1.84. The molecule has 1 heterocycles. The Kier molecular flexibility index (Phi) is 5.78. The molecule has 3 rings (SSSR count). The van der Waals surface area contributed by atoms with Gasteiger partial charge in [0.2, 0.25) is 17.2 Å². The summed E-state index contributed by atoms with van der Waals surface area (Å²) < 4.78 is 62.6.